The zero-order valence-corrected chi connectivity index (χ0v) is 16.2. The van der Waals surface area contributed by atoms with Crippen LogP contribution in [0, 0.1) is 0 Å². The average Bonchev–Trinajstić information content (AvgIpc) is 2.97. The lowest BCUT2D eigenvalue weighted by atomic mass is 9.96. The van der Waals surface area contributed by atoms with E-state index in [-0.39, 0.29) is 11.3 Å². The summed E-state index contributed by atoms with van der Waals surface area (Å²) in [6.45, 7) is 1.06. The lowest BCUT2D eigenvalue weighted by Gasteiger charge is -2.25. The molecule has 146 valence electrons. The fourth-order valence-electron chi connectivity index (χ4n) is 3.26. The molecule has 1 aliphatic rings. The number of hydrogen-bond donors (Lipinski definition) is 2. The Morgan fingerprint density at radius 1 is 1.25 bits per heavy atom. The highest BCUT2D eigenvalue weighted by molar-refractivity contribution is 6.46. The van der Waals surface area contributed by atoms with Crippen LogP contribution in [0.1, 0.15) is 17.2 Å². The molecule has 0 saturated carbocycles. The number of nitrogens with zero attached hydrogens (tertiary/aromatic N) is 2. The first kappa shape index (κ1) is 19.6. The molecule has 3 rings (SSSR count). The van der Waals surface area contributed by atoms with Gasteiger partial charge in [-0.1, -0.05) is 18.2 Å². The summed E-state index contributed by atoms with van der Waals surface area (Å²) in [6, 6.07) is 9.64. The van der Waals surface area contributed by atoms with E-state index in [4.69, 9.17) is 4.74 Å². The molecular weight excluding hydrogens is 358 g/mol. The van der Waals surface area contributed by atoms with Gasteiger partial charge in [-0.2, -0.15) is 0 Å². The first-order valence-electron chi connectivity index (χ1n) is 9.05. The molecule has 2 N–H and O–H groups in total. The van der Waals surface area contributed by atoms with Gasteiger partial charge in [-0.25, -0.2) is 0 Å². The van der Waals surface area contributed by atoms with Gasteiger partial charge in [-0.15, -0.1) is 0 Å². The van der Waals surface area contributed by atoms with Crippen molar-refractivity contribution in [3.63, 3.8) is 0 Å². The van der Waals surface area contributed by atoms with Gasteiger partial charge in [0.2, 0.25) is 0 Å². The van der Waals surface area contributed by atoms with Gasteiger partial charge < -0.3 is 19.6 Å². The number of hydrogen-bond acceptors (Lipinski definition) is 5. The number of aliphatic hydroxyl groups is 1. The van der Waals surface area contributed by atoms with E-state index < -0.39 is 17.7 Å². The van der Waals surface area contributed by atoms with Crippen LogP contribution >= 0.6 is 0 Å². The van der Waals surface area contributed by atoms with Gasteiger partial charge in [0.1, 0.15) is 11.5 Å². The Hall–Kier alpha value is -3.19. The Morgan fingerprint density at radius 3 is 2.68 bits per heavy atom. The molecule has 1 atom stereocenters. The van der Waals surface area contributed by atoms with Gasteiger partial charge in [-0.05, 0) is 23.8 Å². The minimum absolute atomic E-state index is 0.0695. The van der Waals surface area contributed by atoms with E-state index in [1.165, 1.54) is 12.0 Å². The maximum Gasteiger partial charge on any atom is 0.295 e. The molecular formula is C21H24N3O4+. The molecule has 1 saturated heterocycles. The highest BCUT2D eigenvalue weighted by Crippen LogP contribution is 2.39. The van der Waals surface area contributed by atoms with Crippen molar-refractivity contribution >= 4 is 17.4 Å². The summed E-state index contributed by atoms with van der Waals surface area (Å²) in [5.41, 5.74) is 1.17. The van der Waals surface area contributed by atoms with Gasteiger partial charge >= 0.3 is 0 Å². The Morgan fingerprint density at radius 2 is 2.04 bits per heavy atom. The molecule has 1 amide bonds. The third kappa shape index (κ3) is 3.75. The SMILES string of the molecule is COc1cccc(C(O)=C2C(=O)C(=O)N(CC[NH+](C)C)[C@@H]2c2cccnc2)c1. The topological polar surface area (TPSA) is 84.2 Å². The Balaban J connectivity index is 2.13. The highest BCUT2D eigenvalue weighted by Gasteiger charge is 2.46. The third-order valence-electron chi connectivity index (χ3n) is 4.74. The molecule has 2 aromatic rings. The molecule has 0 unspecified atom stereocenters. The first-order valence-corrected chi connectivity index (χ1v) is 9.05. The number of aliphatic hydroxyl groups excluding tert-OH is 1. The van der Waals surface area contributed by atoms with Crippen molar-refractivity contribution in [3.05, 3.63) is 65.5 Å². The molecule has 1 aliphatic heterocycles. The number of aromatic nitrogens is 1. The average molecular weight is 382 g/mol. The van der Waals surface area contributed by atoms with Crippen molar-refractivity contribution in [1.82, 2.24) is 9.88 Å². The maximum absolute atomic E-state index is 12.8. The number of carbonyl (C=O) groups excluding carboxylic acids is 2. The molecule has 1 aromatic carbocycles. The van der Waals surface area contributed by atoms with Crippen LogP contribution < -0.4 is 9.64 Å². The Labute approximate surface area is 163 Å². The van der Waals surface area contributed by atoms with E-state index >= 15 is 0 Å². The van der Waals surface area contributed by atoms with E-state index in [1.807, 2.05) is 14.1 Å². The minimum Gasteiger partial charge on any atom is -0.507 e. The number of carbonyl (C=O) groups is 2. The summed E-state index contributed by atoms with van der Waals surface area (Å²) in [7, 11) is 5.48. The number of ketones is 1. The number of likely N-dealkylation sites (tertiary alicyclic amines) is 1. The number of Topliss-reactive ketones (excluding diaryl/α,β-unsaturated/α-hetero) is 1. The number of likely N-dealkylation sites (N-methyl/N-ethyl adjacent to an activating group) is 1. The second-order valence-electron chi connectivity index (χ2n) is 6.97. The van der Waals surface area contributed by atoms with Gasteiger partial charge in [0.05, 0.1) is 45.9 Å². The summed E-state index contributed by atoms with van der Waals surface area (Å²) < 4.78 is 5.20. The second-order valence-corrected chi connectivity index (χ2v) is 6.97. The molecule has 0 bridgehead atoms. The second kappa shape index (κ2) is 8.22. The van der Waals surface area contributed by atoms with Gasteiger partial charge in [0.25, 0.3) is 11.7 Å². The van der Waals surface area contributed by atoms with E-state index in [2.05, 4.69) is 4.98 Å². The normalized spacial score (nSPS) is 18.7. The molecule has 2 heterocycles. The van der Waals surface area contributed by atoms with E-state index in [1.54, 1.807) is 48.8 Å². The standard InChI is InChI=1S/C21H23N3O4/c1-23(2)10-11-24-18(15-7-5-9-22-13-15)17(20(26)21(24)27)19(25)14-6-4-8-16(12-14)28-3/h4-9,12-13,18,25H,10-11H2,1-3H3/p+1/t18-/m1/s1. The number of ether oxygens (including phenoxy) is 1. The van der Waals surface area contributed by atoms with Crippen LogP contribution in [0.5, 0.6) is 5.75 Å². The van der Waals surface area contributed by atoms with Crippen molar-refractivity contribution in [2.75, 3.05) is 34.3 Å². The molecule has 1 fully saturated rings. The van der Waals surface area contributed by atoms with Crippen LogP contribution in [0.25, 0.3) is 5.76 Å². The van der Waals surface area contributed by atoms with Crippen molar-refractivity contribution in [1.29, 1.82) is 0 Å². The van der Waals surface area contributed by atoms with Crippen LogP contribution in [0.4, 0.5) is 0 Å². The smallest absolute Gasteiger partial charge is 0.295 e. The minimum atomic E-state index is -0.692. The lowest BCUT2D eigenvalue weighted by molar-refractivity contribution is -0.857. The molecule has 0 radical (unpaired) electrons. The molecule has 1 aromatic heterocycles. The van der Waals surface area contributed by atoms with Crippen LogP contribution in [0.15, 0.2) is 54.4 Å². The van der Waals surface area contributed by atoms with Crippen molar-refractivity contribution in [2.24, 2.45) is 0 Å². The van der Waals surface area contributed by atoms with Gasteiger partial charge in [0, 0.05) is 18.0 Å². The number of methoxy groups -OCH3 is 1. The van der Waals surface area contributed by atoms with Crippen molar-refractivity contribution in [3.8, 4) is 5.75 Å². The molecule has 0 spiro atoms. The Bertz CT molecular complexity index is 909. The van der Waals surface area contributed by atoms with Crippen molar-refractivity contribution < 1.29 is 24.3 Å². The van der Waals surface area contributed by atoms with Crippen LogP contribution in [-0.4, -0.2) is 61.0 Å². The molecule has 7 nitrogen and oxygen atoms in total. The number of pyridine rings is 1. The quantitative estimate of drug-likeness (QED) is 0.436. The summed E-state index contributed by atoms with van der Waals surface area (Å²) in [4.78, 5) is 32.4. The largest absolute Gasteiger partial charge is 0.507 e. The third-order valence-corrected chi connectivity index (χ3v) is 4.74. The zero-order valence-electron chi connectivity index (χ0n) is 16.2. The fourth-order valence-corrected chi connectivity index (χ4v) is 3.26. The predicted octanol–water partition coefficient (Wildman–Crippen LogP) is 0.656. The summed E-state index contributed by atoms with van der Waals surface area (Å²) >= 11 is 0. The number of quaternary nitrogens is 1. The monoisotopic (exact) mass is 382 g/mol. The highest BCUT2D eigenvalue weighted by atomic mass is 16.5. The molecule has 28 heavy (non-hydrogen) atoms. The van der Waals surface area contributed by atoms with Gasteiger partial charge in [-0.3, -0.25) is 14.6 Å². The number of nitrogens with one attached hydrogen (secondary N) is 1. The van der Waals surface area contributed by atoms with E-state index in [0.717, 1.165) is 4.90 Å². The van der Waals surface area contributed by atoms with Crippen LogP contribution in [-0.2, 0) is 9.59 Å². The Kier molecular flexibility index (Phi) is 5.75. The van der Waals surface area contributed by atoms with E-state index in [9.17, 15) is 14.7 Å². The summed E-state index contributed by atoms with van der Waals surface area (Å²) in [5, 5.41) is 11.0. The first-order chi connectivity index (χ1) is 13.4. The summed E-state index contributed by atoms with van der Waals surface area (Å²) in [5.74, 6) is -0.972. The van der Waals surface area contributed by atoms with Crippen molar-refractivity contribution in [2.45, 2.75) is 6.04 Å². The number of amides is 1. The lowest BCUT2D eigenvalue weighted by Crippen LogP contribution is -3.06. The summed E-state index contributed by atoms with van der Waals surface area (Å²) in [6.07, 6.45) is 3.24. The van der Waals surface area contributed by atoms with Gasteiger partial charge in [0.15, 0.2) is 0 Å². The number of benzene rings is 1. The zero-order chi connectivity index (χ0) is 20.3. The number of rotatable bonds is 6. The molecule has 7 heteroatoms. The van der Waals surface area contributed by atoms with E-state index in [0.29, 0.717) is 30.0 Å². The fraction of sp³-hybridized carbons (Fsp3) is 0.286. The predicted molar refractivity (Wildman–Crippen MR) is 104 cm³/mol. The molecule has 0 aliphatic carbocycles. The maximum atomic E-state index is 12.8. The van der Waals surface area contributed by atoms with Crippen LogP contribution in [0.2, 0.25) is 0 Å². The van der Waals surface area contributed by atoms with Crippen LogP contribution in [0.3, 0.4) is 0 Å².